The van der Waals surface area contributed by atoms with Crippen molar-refractivity contribution < 1.29 is 13.5 Å². The summed E-state index contributed by atoms with van der Waals surface area (Å²) in [4.78, 5) is 0. The van der Waals surface area contributed by atoms with Gasteiger partial charge >= 0.3 is 6.61 Å². The standard InChI is InChI=1S/C7H14F2N2O.C2H6/c1-4-3-11-6(2-5(4)10)12-7(8)9;1-2/h4-7,11H,2-3,10H2,1H3;1-2H3. The van der Waals surface area contributed by atoms with Crippen LogP contribution in [0.25, 0.3) is 0 Å². The van der Waals surface area contributed by atoms with E-state index in [1.54, 1.807) is 0 Å². The van der Waals surface area contributed by atoms with Crippen molar-refractivity contribution >= 4 is 0 Å². The molecule has 3 nitrogen and oxygen atoms in total. The van der Waals surface area contributed by atoms with E-state index in [4.69, 9.17) is 5.73 Å². The molecule has 3 unspecified atom stereocenters. The molecule has 0 aliphatic carbocycles. The molecule has 0 aromatic carbocycles. The zero-order valence-electron chi connectivity index (χ0n) is 8.97. The number of nitrogens with one attached hydrogen (secondary N) is 1. The highest BCUT2D eigenvalue weighted by molar-refractivity contribution is 4.80. The van der Waals surface area contributed by atoms with Crippen LogP contribution in [-0.4, -0.2) is 25.4 Å². The van der Waals surface area contributed by atoms with Crippen molar-refractivity contribution in [2.75, 3.05) is 6.54 Å². The molecule has 0 aromatic heterocycles. The molecule has 86 valence electrons. The van der Waals surface area contributed by atoms with E-state index < -0.39 is 12.8 Å². The zero-order chi connectivity index (χ0) is 11.1. The van der Waals surface area contributed by atoms with Gasteiger partial charge in [-0.25, -0.2) is 0 Å². The average Bonchev–Trinajstić information content (AvgIpc) is 2.14. The summed E-state index contributed by atoms with van der Waals surface area (Å²) in [6.07, 6.45) is -0.137. The van der Waals surface area contributed by atoms with E-state index in [1.807, 2.05) is 20.8 Å². The van der Waals surface area contributed by atoms with Crippen molar-refractivity contribution in [1.29, 1.82) is 0 Å². The number of halogens is 2. The van der Waals surface area contributed by atoms with Crippen molar-refractivity contribution in [1.82, 2.24) is 5.32 Å². The van der Waals surface area contributed by atoms with E-state index in [2.05, 4.69) is 10.1 Å². The molecule has 3 atom stereocenters. The van der Waals surface area contributed by atoms with E-state index in [9.17, 15) is 8.78 Å². The predicted octanol–water partition coefficient (Wildman–Crippen LogP) is 1.53. The monoisotopic (exact) mass is 210 g/mol. The minimum atomic E-state index is -2.72. The maximum Gasteiger partial charge on any atom is 0.346 e. The number of ether oxygens (including phenoxy) is 1. The Kier molecular flexibility index (Phi) is 6.96. The summed E-state index contributed by atoms with van der Waals surface area (Å²) in [5.74, 6) is 0.322. The lowest BCUT2D eigenvalue weighted by atomic mass is 9.95. The molecule has 0 bridgehead atoms. The number of alkyl halides is 2. The van der Waals surface area contributed by atoms with Gasteiger partial charge in [-0.1, -0.05) is 20.8 Å². The Morgan fingerprint density at radius 3 is 2.43 bits per heavy atom. The second kappa shape index (κ2) is 7.09. The first-order chi connectivity index (χ1) is 6.59. The van der Waals surface area contributed by atoms with E-state index in [-0.39, 0.29) is 6.04 Å². The Morgan fingerprint density at radius 1 is 1.43 bits per heavy atom. The van der Waals surface area contributed by atoms with E-state index in [1.165, 1.54) is 0 Å². The maximum atomic E-state index is 11.7. The normalized spacial score (nSPS) is 32.4. The molecule has 1 heterocycles. The van der Waals surface area contributed by atoms with Crippen LogP contribution in [0.2, 0.25) is 0 Å². The second-order valence-electron chi connectivity index (χ2n) is 3.17. The smallest absolute Gasteiger partial charge is 0.327 e. The van der Waals surface area contributed by atoms with E-state index in [0.717, 1.165) is 0 Å². The molecule has 1 rings (SSSR count). The Hall–Kier alpha value is -0.260. The quantitative estimate of drug-likeness (QED) is 0.726. The van der Waals surface area contributed by atoms with E-state index >= 15 is 0 Å². The first-order valence-electron chi connectivity index (χ1n) is 5.02. The molecule has 0 saturated carbocycles. The van der Waals surface area contributed by atoms with Gasteiger partial charge in [0.15, 0.2) is 0 Å². The van der Waals surface area contributed by atoms with Gasteiger partial charge in [-0.15, -0.1) is 0 Å². The Labute approximate surface area is 84.0 Å². The van der Waals surface area contributed by atoms with Gasteiger partial charge in [-0.2, -0.15) is 8.78 Å². The maximum absolute atomic E-state index is 11.7. The minimum absolute atomic E-state index is 0.0463. The van der Waals surface area contributed by atoms with E-state index in [0.29, 0.717) is 18.9 Å². The number of rotatable bonds is 2. The molecule has 0 radical (unpaired) electrons. The number of nitrogens with two attached hydrogens (primary N) is 1. The lowest BCUT2D eigenvalue weighted by molar-refractivity contribution is -0.179. The van der Waals surface area contributed by atoms with Crippen molar-refractivity contribution in [2.24, 2.45) is 11.7 Å². The van der Waals surface area contributed by atoms with Gasteiger partial charge in [0, 0.05) is 19.0 Å². The summed E-state index contributed by atoms with van der Waals surface area (Å²) in [6, 6.07) is -0.0463. The largest absolute Gasteiger partial charge is 0.346 e. The molecular formula is C9H20F2N2O. The SMILES string of the molecule is CC.CC1CNC(OC(F)F)CC1N. The van der Waals surface area contributed by atoms with Gasteiger partial charge in [-0.05, 0) is 5.92 Å². The third-order valence-corrected chi connectivity index (χ3v) is 2.15. The topological polar surface area (TPSA) is 47.3 Å². The van der Waals surface area contributed by atoms with Gasteiger partial charge < -0.3 is 10.5 Å². The summed E-state index contributed by atoms with van der Waals surface area (Å²) in [5.41, 5.74) is 5.68. The van der Waals surface area contributed by atoms with Crippen molar-refractivity contribution in [2.45, 2.75) is 46.1 Å². The van der Waals surface area contributed by atoms with Crippen molar-refractivity contribution in [3.05, 3.63) is 0 Å². The second-order valence-corrected chi connectivity index (χ2v) is 3.17. The fourth-order valence-electron chi connectivity index (χ4n) is 1.26. The van der Waals surface area contributed by atoms with Crippen LogP contribution in [-0.2, 0) is 4.74 Å². The first kappa shape index (κ1) is 13.7. The molecule has 14 heavy (non-hydrogen) atoms. The van der Waals surface area contributed by atoms with Crippen LogP contribution in [0.5, 0.6) is 0 Å². The summed E-state index contributed by atoms with van der Waals surface area (Å²) in [6.45, 7) is 3.90. The van der Waals surface area contributed by atoms with Crippen LogP contribution in [0.4, 0.5) is 8.78 Å². The van der Waals surface area contributed by atoms with Gasteiger partial charge in [0.05, 0.1) is 0 Å². The van der Waals surface area contributed by atoms with Gasteiger partial charge in [0.1, 0.15) is 6.23 Å². The van der Waals surface area contributed by atoms with Crippen LogP contribution >= 0.6 is 0 Å². The minimum Gasteiger partial charge on any atom is -0.327 e. The average molecular weight is 210 g/mol. The van der Waals surface area contributed by atoms with Crippen molar-refractivity contribution in [3.8, 4) is 0 Å². The van der Waals surface area contributed by atoms with Gasteiger partial charge in [-0.3, -0.25) is 5.32 Å². The summed E-state index contributed by atoms with van der Waals surface area (Å²) >= 11 is 0. The van der Waals surface area contributed by atoms with Crippen LogP contribution in [0.1, 0.15) is 27.2 Å². The van der Waals surface area contributed by atoms with Crippen LogP contribution < -0.4 is 11.1 Å². The van der Waals surface area contributed by atoms with Gasteiger partial charge in [0.25, 0.3) is 0 Å². The highest BCUT2D eigenvalue weighted by Gasteiger charge is 2.26. The Balaban J connectivity index is 0.000000791. The lowest BCUT2D eigenvalue weighted by Crippen LogP contribution is -2.50. The third-order valence-electron chi connectivity index (χ3n) is 2.15. The number of hydrogen-bond donors (Lipinski definition) is 2. The summed E-state index contributed by atoms with van der Waals surface area (Å²) in [7, 11) is 0. The number of piperidine rings is 1. The highest BCUT2D eigenvalue weighted by Crippen LogP contribution is 2.15. The molecule has 3 N–H and O–H groups in total. The van der Waals surface area contributed by atoms with Gasteiger partial charge in [0.2, 0.25) is 0 Å². The molecule has 0 aromatic rings. The molecular weight excluding hydrogens is 190 g/mol. The molecule has 1 saturated heterocycles. The summed E-state index contributed by atoms with van der Waals surface area (Å²) < 4.78 is 27.8. The molecule has 0 amide bonds. The van der Waals surface area contributed by atoms with Crippen LogP contribution in [0.3, 0.4) is 0 Å². The molecule has 1 aliphatic rings. The van der Waals surface area contributed by atoms with Crippen molar-refractivity contribution in [3.63, 3.8) is 0 Å². The Bertz CT molecular complexity index is 147. The third kappa shape index (κ3) is 4.83. The number of hydrogen-bond acceptors (Lipinski definition) is 3. The first-order valence-corrected chi connectivity index (χ1v) is 5.02. The highest BCUT2D eigenvalue weighted by atomic mass is 19.3. The fraction of sp³-hybridized carbons (Fsp3) is 1.00. The molecule has 1 fully saturated rings. The van der Waals surface area contributed by atoms with Crippen LogP contribution in [0, 0.1) is 5.92 Å². The van der Waals surface area contributed by atoms with Crippen LogP contribution in [0.15, 0.2) is 0 Å². The molecule has 1 aliphatic heterocycles. The predicted molar refractivity (Wildman–Crippen MR) is 52.0 cm³/mol. The fourth-order valence-corrected chi connectivity index (χ4v) is 1.26. The molecule has 0 spiro atoms. The zero-order valence-corrected chi connectivity index (χ0v) is 8.97. The lowest BCUT2D eigenvalue weighted by Gasteiger charge is -2.32. The Morgan fingerprint density at radius 2 is 2.00 bits per heavy atom. The summed E-state index contributed by atoms with van der Waals surface area (Å²) in [5, 5.41) is 2.85. The molecule has 5 heteroatoms.